The molecule has 0 bridgehead atoms. The van der Waals surface area contributed by atoms with E-state index in [2.05, 4.69) is 0 Å². The Morgan fingerprint density at radius 1 is 1.39 bits per heavy atom. The Bertz CT molecular complexity index is 430. The van der Waals surface area contributed by atoms with Gasteiger partial charge in [0.15, 0.2) is 11.6 Å². The van der Waals surface area contributed by atoms with Crippen molar-refractivity contribution in [3.05, 3.63) is 29.8 Å². The van der Waals surface area contributed by atoms with Gasteiger partial charge in [-0.2, -0.15) is 0 Å². The molecule has 1 rings (SSSR count). The van der Waals surface area contributed by atoms with Crippen molar-refractivity contribution < 1.29 is 23.4 Å². The molecule has 0 aliphatic heterocycles. The molecule has 0 aliphatic carbocycles. The first-order chi connectivity index (χ1) is 8.33. The van der Waals surface area contributed by atoms with Gasteiger partial charge >= 0.3 is 5.97 Å². The molecule has 100 valence electrons. The zero-order chi connectivity index (χ0) is 13.8. The third-order valence-corrected chi connectivity index (χ3v) is 2.68. The van der Waals surface area contributed by atoms with Crippen molar-refractivity contribution in [3.63, 3.8) is 0 Å². The minimum absolute atomic E-state index is 0.150. The average molecular weight is 258 g/mol. The molecule has 0 amide bonds. The Kier molecular flexibility index (Phi) is 4.64. The van der Waals surface area contributed by atoms with Gasteiger partial charge in [0.25, 0.3) is 0 Å². The molecule has 0 unspecified atom stereocenters. The first kappa shape index (κ1) is 14.4. The second-order valence-corrected chi connectivity index (χ2v) is 4.72. The summed E-state index contributed by atoms with van der Waals surface area (Å²) in [6, 6.07) is 2.97. The summed E-state index contributed by atoms with van der Waals surface area (Å²) in [5.41, 5.74) is -0.843. The van der Waals surface area contributed by atoms with Crippen molar-refractivity contribution in [2.24, 2.45) is 5.41 Å². The van der Waals surface area contributed by atoms with Crippen LogP contribution in [-0.4, -0.2) is 17.7 Å². The van der Waals surface area contributed by atoms with Gasteiger partial charge in [-0.15, -0.1) is 0 Å². The molecule has 0 aromatic heterocycles. The van der Waals surface area contributed by atoms with Crippen LogP contribution in [0.2, 0.25) is 0 Å². The second-order valence-electron chi connectivity index (χ2n) is 4.72. The van der Waals surface area contributed by atoms with Crippen molar-refractivity contribution in [1.29, 1.82) is 0 Å². The van der Waals surface area contributed by atoms with E-state index >= 15 is 0 Å². The maximum absolute atomic E-state index is 13.2. The van der Waals surface area contributed by atoms with E-state index in [1.807, 2.05) is 0 Å². The summed E-state index contributed by atoms with van der Waals surface area (Å²) < 4.78 is 31.1. The predicted octanol–water partition coefficient (Wildman–Crippen LogP) is 3.23. The fourth-order valence-electron chi connectivity index (χ4n) is 1.39. The highest BCUT2D eigenvalue weighted by molar-refractivity contribution is 5.73. The SMILES string of the molecule is CC(C)(CCCOc1cc(F)ccc1F)C(=O)O. The number of benzene rings is 1. The Hall–Kier alpha value is -1.65. The van der Waals surface area contributed by atoms with Crippen LogP contribution in [0.3, 0.4) is 0 Å². The third kappa shape index (κ3) is 3.98. The molecule has 0 fully saturated rings. The Morgan fingerprint density at radius 3 is 2.67 bits per heavy atom. The van der Waals surface area contributed by atoms with E-state index in [0.29, 0.717) is 12.8 Å². The quantitative estimate of drug-likeness (QED) is 0.797. The number of rotatable bonds is 6. The molecule has 0 aliphatic rings. The van der Waals surface area contributed by atoms with Crippen molar-refractivity contribution >= 4 is 5.97 Å². The van der Waals surface area contributed by atoms with Crippen molar-refractivity contribution in [1.82, 2.24) is 0 Å². The number of halogens is 2. The number of carboxylic acids is 1. The van der Waals surface area contributed by atoms with Gasteiger partial charge in [0.1, 0.15) is 5.82 Å². The molecular formula is C13H16F2O3. The molecule has 0 saturated heterocycles. The number of hydrogen-bond donors (Lipinski definition) is 1. The molecule has 1 aromatic carbocycles. The van der Waals surface area contributed by atoms with Crippen molar-refractivity contribution in [3.8, 4) is 5.75 Å². The molecule has 0 heterocycles. The molecule has 0 atom stereocenters. The normalized spacial score (nSPS) is 11.3. The predicted molar refractivity (Wildman–Crippen MR) is 62.5 cm³/mol. The summed E-state index contributed by atoms with van der Waals surface area (Å²) >= 11 is 0. The lowest BCUT2D eigenvalue weighted by molar-refractivity contribution is -0.147. The highest BCUT2D eigenvalue weighted by atomic mass is 19.1. The van der Waals surface area contributed by atoms with Gasteiger partial charge < -0.3 is 9.84 Å². The minimum Gasteiger partial charge on any atom is -0.490 e. The summed E-state index contributed by atoms with van der Waals surface area (Å²) in [6.07, 6.45) is 0.856. The number of carbonyl (C=O) groups is 1. The van der Waals surface area contributed by atoms with E-state index in [-0.39, 0.29) is 12.4 Å². The summed E-state index contributed by atoms with van der Waals surface area (Å²) in [5, 5.41) is 8.89. The lowest BCUT2D eigenvalue weighted by Crippen LogP contribution is -2.24. The smallest absolute Gasteiger partial charge is 0.309 e. The van der Waals surface area contributed by atoms with E-state index in [1.54, 1.807) is 13.8 Å². The first-order valence-corrected chi connectivity index (χ1v) is 5.64. The van der Waals surface area contributed by atoms with E-state index < -0.39 is 23.0 Å². The van der Waals surface area contributed by atoms with E-state index in [9.17, 15) is 13.6 Å². The Balaban J connectivity index is 2.43. The largest absolute Gasteiger partial charge is 0.490 e. The van der Waals surface area contributed by atoms with Crippen LogP contribution in [0.15, 0.2) is 18.2 Å². The number of aliphatic carboxylic acids is 1. The topological polar surface area (TPSA) is 46.5 Å². The Labute approximate surface area is 104 Å². The Morgan fingerprint density at radius 2 is 2.06 bits per heavy atom. The third-order valence-electron chi connectivity index (χ3n) is 2.68. The fourth-order valence-corrected chi connectivity index (χ4v) is 1.39. The van der Waals surface area contributed by atoms with Crippen molar-refractivity contribution in [2.75, 3.05) is 6.61 Å². The van der Waals surface area contributed by atoms with Crippen LogP contribution in [0, 0.1) is 17.0 Å². The average Bonchev–Trinajstić information content (AvgIpc) is 2.28. The van der Waals surface area contributed by atoms with Gasteiger partial charge in [-0.25, -0.2) is 8.78 Å². The minimum atomic E-state index is -0.889. The summed E-state index contributed by atoms with van der Waals surface area (Å²) in [7, 11) is 0. The zero-order valence-corrected chi connectivity index (χ0v) is 10.4. The lowest BCUT2D eigenvalue weighted by Gasteiger charge is -2.18. The van der Waals surface area contributed by atoms with E-state index in [4.69, 9.17) is 9.84 Å². The van der Waals surface area contributed by atoms with E-state index in [1.165, 1.54) is 0 Å². The molecule has 0 spiro atoms. The van der Waals surface area contributed by atoms with Crippen LogP contribution in [0.5, 0.6) is 5.75 Å². The van der Waals surface area contributed by atoms with Gasteiger partial charge in [-0.3, -0.25) is 4.79 Å². The van der Waals surface area contributed by atoms with Crippen LogP contribution >= 0.6 is 0 Å². The highest BCUT2D eigenvalue weighted by Crippen LogP contribution is 2.23. The molecule has 0 saturated carbocycles. The number of carboxylic acid groups (broad SMARTS) is 1. The van der Waals surface area contributed by atoms with Gasteiger partial charge in [-0.05, 0) is 38.8 Å². The lowest BCUT2D eigenvalue weighted by atomic mass is 9.88. The zero-order valence-electron chi connectivity index (χ0n) is 10.4. The van der Waals surface area contributed by atoms with Crippen LogP contribution in [0.1, 0.15) is 26.7 Å². The van der Waals surface area contributed by atoms with Gasteiger partial charge in [0.2, 0.25) is 0 Å². The van der Waals surface area contributed by atoms with Crippen LogP contribution < -0.4 is 4.74 Å². The number of ether oxygens (including phenoxy) is 1. The van der Waals surface area contributed by atoms with Gasteiger partial charge in [0, 0.05) is 6.07 Å². The highest BCUT2D eigenvalue weighted by Gasteiger charge is 2.26. The molecule has 1 N–H and O–H groups in total. The molecule has 1 aromatic rings. The first-order valence-electron chi connectivity index (χ1n) is 5.64. The number of hydrogen-bond acceptors (Lipinski definition) is 2. The molecule has 3 nitrogen and oxygen atoms in total. The maximum atomic E-state index is 13.2. The van der Waals surface area contributed by atoms with Gasteiger partial charge in [0.05, 0.1) is 12.0 Å². The molecule has 18 heavy (non-hydrogen) atoms. The summed E-state index contributed by atoms with van der Waals surface area (Å²) in [4.78, 5) is 10.8. The monoisotopic (exact) mass is 258 g/mol. The van der Waals surface area contributed by atoms with Crippen molar-refractivity contribution in [2.45, 2.75) is 26.7 Å². The summed E-state index contributed by atoms with van der Waals surface area (Å²) in [5.74, 6) is -2.24. The van der Waals surface area contributed by atoms with E-state index in [0.717, 1.165) is 18.2 Å². The van der Waals surface area contributed by atoms with Crippen LogP contribution in [0.25, 0.3) is 0 Å². The molecule has 0 radical (unpaired) electrons. The molecule has 5 heteroatoms. The second kappa shape index (κ2) is 5.80. The fraction of sp³-hybridized carbons (Fsp3) is 0.462. The van der Waals surface area contributed by atoms with Crippen LogP contribution in [0.4, 0.5) is 8.78 Å². The van der Waals surface area contributed by atoms with Gasteiger partial charge in [-0.1, -0.05) is 0 Å². The molecular weight excluding hydrogens is 242 g/mol. The van der Waals surface area contributed by atoms with Crippen LogP contribution in [-0.2, 0) is 4.79 Å². The summed E-state index contributed by atoms with van der Waals surface area (Å²) in [6.45, 7) is 3.37. The standard InChI is InChI=1S/C13H16F2O3/c1-13(2,12(16)17)6-3-7-18-11-8-9(14)4-5-10(11)15/h4-5,8H,3,6-7H2,1-2H3,(H,16,17). The maximum Gasteiger partial charge on any atom is 0.309 e.